The van der Waals surface area contributed by atoms with Gasteiger partial charge in [-0.1, -0.05) is 35.4 Å². The summed E-state index contributed by atoms with van der Waals surface area (Å²) in [6.07, 6.45) is 2.72. The summed E-state index contributed by atoms with van der Waals surface area (Å²) in [6, 6.07) is 15.1. The molecule has 7 nitrogen and oxygen atoms in total. The van der Waals surface area contributed by atoms with E-state index in [2.05, 4.69) is 10.4 Å². The first-order valence-corrected chi connectivity index (χ1v) is 12.2. The summed E-state index contributed by atoms with van der Waals surface area (Å²) in [5.74, 6) is -0.187. The minimum absolute atomic E-state index is 0.0533. The number of aryl methyl sites for hydroxylation is 1. The standard InChI is InChI=1S/C27H31ClN4O3/c1-18-8-10-22(11-9-18)32-24(19-12-14-31(15-13-19)26(34)35-27(2,3)4)23(17-29-32)25(33)30-21-7-5-6-20(28)16-21/h5-11,16-17,19H,12-15H2,1-4H3,(H,30,33). The van der Waals surface area contributed by atoms with E-state index in [0.717, 1.165) is 16.9 Å². The quantitative estimate of drug-likeness (QED) is 0.468. The number of likely N-dealkylation sites (tertiary alicyclic amines) is 1. The molecule has 2 aromatic carbocycles. The molecule has 2 amide bonds. The van der Waals surface area contributed by atoms with Gasteiger partial charge in [-0.3, -0.25) is 4.79 Å². The molecule has 0 radical (unpaired) electrons. The van der Waals surface area contributed by atoms with Gasteiger partial charge in [0.2, 0.25) is 0 Å². The maximum Gasteiger partial charge on any atom is 0.410 e. The third kappa shape index (κ3) is 6.03. The zero-order valence-electron chi connectivity index (χ0n) is 20.5. The Hall–Kier alpha value is -3.32. The number of aromatic nitrogens is 2. The van der Waals surface area contributed by atoms with Gasteiger partial charge in [0.1, 0.15) is 5.60 Å². The average molecular weight is 495 g/mol. The predicted octanol–water partition coefficient (Wildman–Crippen LogP) is 6.20. The van der Waals surface area contributed by atoms with Gasteiger partial charge in [0, 0.05) is 29.7 Å². The van der Waals surface area contributed by atoms with Crippen LogP contribution in [-0.2, 0) is 4.74 Å². The lowest BCUT2D eigenvalue weighted by Gasteiger charge is -2.34. The number of anilines is 1. The predicted molar refractivity (Wildman–Crippen MR) is 137 cm³/mol. The van der Waals surface area contributed by atoms with Crippen molar-refractivity contribution in [2.24, 2.45) is 0 Å². The summed E-state index contributed by atoms with van der Waals surface area (Å²) in [7, 11) is 0. The van der Waals surface area contributed by atoms with Crippen LogP contribution in [0.3, 0.4) is 0 Å². The maximum absolute atomic E-state index is 13.3. The monoisotopic (exact) mass is 494 g/mol. The molecular weight excluding hydrogens is 464 g/mol. The van der Waals surface area contributed by atoms with E-state index in [1.54, 1.807) is 35.4 Å². The molecule has 1 N–H and O–H groups in total. The molecule has 1 fully saturated rings. The van der Waals surface area contributed by atoms with E-state index in [0.29, 0.717) is 42.2 Å². The van der Waals surface area contributed by atoms with Gasteiger partial charge in [0.25, 0.3) is 5.91 Å². The molecule has 0 atom stereocenters. The minimum Gasteiger partial charge on any atom is -0.444 e. The molecule has 1 aromatic heterocycles. The largest absolute Gasteiger partial charge is 0.444 e. The molecule has 0 saturated carbocycles. The van der Waals surface area contributed by atoms with Gasteiger partial charge < -0.3 is 15.0 Å². The van der Waals surface area contributed by atoms with E-state index in [9.17, 15) is 9.59 Å². The summed E-state index contributed by atoms with van der Waals surface area (Å²) in [4.78, 5) is 27.6. The SMILES string of the molecule is Cc1ccc(-n2ncc(C(=O)Nc3cccc(Cl)c3)c2C2CCN(C(=O)OC(C)(C)C)CC2)cc1. The molecule has 0 bridgehead atoms. The Morgan fingerprint density at radius 3 is 2.40 bits per heavy atom. The smallest absolute Gasteiger partial charge is 0.410 e. The number of amides is 2. The molecule has 1 saturated heterocycles. The fourth-order valence-corrected chi connectivity index (χ4v) is 4.43. The van der Waals surface area contributed by atoms with E-state index in [4.69, 9.17) is 16.3 Å². The number of hydrogen-bond donors (Lipinski definition) is 1. The first-order chi connectivity index (χ1) is 16.6. The van der Waals surface area contributed by atoms with E-state index >= 15 is 0 Å². The summed E-state index contributed by atoms with van der Waals surface area (Å²) >= 11 is 6.09. The van der Waals surface area contributed by atoms with Gasteiger partial charge in [-0.15, -0.1) is 0 Å². The molecular formula is C27H31ClN4O3. The van der Waals surface area contributed by atoms with Gasteiger partial charge >= 0.3 is 6.09 Å². The molecule has 2 heterocycles. The van der Waals surface area contributed by atoms with Crippen LogP contribution in [0.25, 0.3) is 5.69 Å². The highest BCUT2D eigenvalue weighted by Crippen LogP contribution is 2.33. The van der Waals surface area contributed by atoms with Gasteiger partial charge in [-0.05, 0) is 70.9 Å². The van der Waals surface area contributed by atoms with Crippen molar-refractivity contribution in [1.29, 1.82) is 0 Å². The molecule has 1 aliphatic rings. The van der Waals surface area contributed by atoms with E-state index in [1.807, 2.05) is 56.6 Å². The van der Waals surface area contributed by atoms with Crippen LogP contribution in [0.1, 0.15) is 61.1 Å². The van der Waals surface area contributed by atoms with Crippen LogP contribution < -0.4 is 5.32 Å². The van der Waals surface area contributed by atoms with Gasteiger partial charge in [-0.25, -0.2) is 9.48 Å². The fourth-order valence-electron chi connectivity index (χ4n) is 4.24. The number of carbonyl (C=O) groups is 2. The van der Waals surface area contributed by atoms with Crippen LogP contribution in [0.2, 0.25) is 5.02 Å². The Balaban J connectivity index is 1.61. The highest BCUT2D eigenvalue weighted by Gasteiger charge is 2.32. The summed E-state index contributed by atoms with van der Waals surface area (Å²) in [5, 5.41) is 8.09. The second kappa shape index (κ2) is 10.1. The Morgan fingerprint density at radius 1 is 1.09 bits per heavy atom. The van der Waals surface area contributed by atoms with Crippen molar-refractivity contribution in [3.8, 4) is 5.69 Å². The average Bonchev–Trinajstić information content (AvgIpc) is 3.24. The van der Waals surface area contributed by atoms with Gasteiger partial charge in [0.05, 0.1) is 23.1 Å². The van der Waals surface area contributed by atoms with Crippen molar-refractivity contribution >= 4 is 29.3 Å². The first-order valence-electron chi connectivity index (χ1n) is 11.8. The Morgan fingerprint density at radius 2 is 1.77 bits per heavy atom. The second-order valence-electron chi connectivity index (χ2n) is 9.90. The number of ether oxygens (including phenoxy) is 1. The zero-order valence-corrected chi connectivity index (χ0v) is 21.3. The highest BCUT2D eigenvalue weighted by atomic mass is 35.5. The number of nitrogens with zero attached hydrogens (tertiary/aromatic N) is 3. The third-order valence-electron chi connectivity index (χ3n) is 5.95. The molecule has 1 aliphatic heterocycles. The van der Waals surface area contributed by atoms with Crippen LogP contribution in [0.5, 0.6) is 0 Å². The lowest BCUT2D eigenvalue weighted by molar-refractivity contribution is 0.0203. The second-order valence-corrected chi connectivity index (χ2v) is 10.3. The van der Waals surface area contributed by atoms with E-state index < -0.39 is 5.60 Å². The van der Waals surface area contributed by atoms with E-state index in [1.165, 1.54) is 0 Å². The van der Waals surface area contributed by atoms with Crippen molar-refractivity contribution in [2.45, 2.75) is 52.1 Å². The Bertz CT molecular complexity index is 1210. The van der Waals surface area contributed by atoms with Crippen LogP contribution in [0.4, 0.5) is 10.5 Å². The zero-order chi connectivity index (χ0) is 25.2. The summed E-state index contributed by atoms with van der Waals surface area (Å²) < 4.78 is 7.39. The van der Waals surface area contributed by atoms with Crippen LogP contribution in [0.15, 0.2) is 54.7 Å². The number of benzene rings is 2. The van der Waals surface area contributed by atoms with Crippen LogP contribution in [0, 0.1) is 6.92 Å². The van der Waals surface area contributed by atoms with Crippen molar-refractivity contribution < 1.29 is 14.3 Å². The number of rotatable bonds is 4. The highest BCUT2D eigenvalue weighted by molar-refractivity contribution is 6.31. The molecule has 3 aromatic rings. The van der Waals surface area contributed by atoms with Gasteiger partial charge in [-0.2, -0.15) is 5.10 Å². The van der Waals surface area contributed by atoms with E-state index in [-0.39, 0.29) is 17.9 Å². The molecule has 4 rings (SSSR count). The normalized spacial score (nSPS) is 14.6. The van der Waals surface area contributed by atoms with Gasteiger partial charge in [0.15, 0.2) is 0 Å². The number of nitrogens with one attached hydrogen (secondary N) is 1. The number of carbonyl (C=O) groups excluding carboxylic acids is 2. The third-order valence-corrected chi connectivity index (χ3v) is 6.18. The molecule has 8 heteroatoms. The number of piperidine rings is 1. The van der Waals surface area contributed by atoms with Crippen molar-refractivity contribution in [3.05, 3.63) is 76.6 Å². The topological polar surface area (TPSA) is 76.5 Å². The van der Waals surface area contributed by atoms with Crippen LogP contribution in [-0.4, -0.2) is 45.4 Å². The van der Waals surface area contributed by atoms with Crippen molar-refractivity contribution in [1.82, 2.24) is 14.7 Å². The summed E-state index contributed by atoms with van der Waals surface area (Å²) in [5.41, 5.74) is 3.48. The van der Waals surface area contributed by atoms with Crippen molar-refractivity contribution in [3.63, 3.8) is 0 Å². The lowest BCUT2D eigenvalue weighted by atomic mass is 9.90. The number of halogens is 1. The molecule has 0 unspecified atom stereocenters. The maximum atomic E-state index is 13.3. The number of hydrogen-bond acceptors (Lipinski definition) is 4. The molecule has 184 valence electrons. The summed E-state index contributed by atoms with van der Waals surface area (Å²) in [6.45, 7) is 8.72. The minimum atomic E-state index is -0.538. The Labute approximate surface area is 211 Å². The Kier molecular flexibility index (Phi) is 7.17. The lowest BCUT2D eigenvalue weighted by Crippen LogP contribution is -2.41. The molecule has 35 heavy (non-hydrogen) atoms. The molecule has 0 aliphatic carbocycles. The first kappa shape index (κ1) is 24.8. The fraction of sp³-hybridized carbons (Fsp3) is 0.370. The van der Waals surface area contributed by atoms with Crippen LogP contribution >= 0.6 is 11.6 Å². The van der Waals surface area contributed by atoms with Crippen molar-refractivity contribution in [2.75, 3.05) is 18.4 Å². The molecule has 0 spiro atoms.